The molecule has 2 heterocycles. The molecule has 0 saturated heterocycles. The van der Waals surface area contributed by atoms with E-state index in [1.165, 1.54) is 22.7 Å². The molecule has 0 aliphatic carbocycles. The summed E-state index contributed by atoms with van der Waals surface area (Å²) in [5.74, 6) is -0.634. The number of carbonyl (C=O) groups is 2. The predicted octanol–water partition coefficient (Wildman–Crippen LogP) is 5.14. The highest BCUT2D eigenvalue weighted by Crippen LogP contribution is 2.19. The van der Waals surface area contributed by atoms with E-state index < -0.39 is 0 Å². The zero-order valence-electron chi connectivity index (χ0n) is 14.5. The Bertz CT molecular complexity index is 852. The minimum atomic E-state index is -0.317. The first kappa shape index (κ1) is 18.4. The van der Waals surface area contributed by atoms with Crippen LogP contribution in [-0.2, 0) is 22.7 Å². The molecule has 0 aliphatic rings. The summed E-state index contributed by atoms with van der Waals surface area (Å²) >= 11 is 2.75. The highest BCUT2D eigenvalue weighted by atomic mass is 32.1. The van der Waals surface area contributed by atoms with Gasteiger partial charge < -0.3 is 9.47 Å². The molecule has 4 nitrogen and oxygen atoms in total. The monoisotopic (exact) mass is 386 g/mol. The maximum absolute atomic E-state index is 12.1. The van der Waals surface area contributed by atoms with Gasteiger partial charge in [-0.25, -0.2) is 9.59 Å². The first-order valence-electron chi connectivity index (χ1n) is 8.05. The summed E-state index contributed by atoms with van der Waals surface area (Å²) in [6, 6.07) is 11.3. The summed E-state index contributed by atoms with van der Waals surface area (Å²) < 4.78 is 10.7. The number of thiophene rings is 2. The molecule has 6 heteroatoms. The van der Waals surface area contributed by atoms with E-state index >= 15 is 0 Å². The minimum absolute atomic E-state index is 0.183. The standard InChI is InChI=1S/C20H18O4S2/c1-13-6-8-25-17(13)19(21)23-11-15-4-3-5-16(10-15)12-24-20(22)18-14(2)7-9-26-18/h3-10H,11-12H2,1-2H3. The van der Waals surface area contributed by atoms with Crippen molar-refractivity contribution in [2.24, 2.45) is 0 Å². The third-order valence-corrected chi connectivity index (χ3v) is 5.82. The number of rotatable bonds is 6. The number of hydrogen-bond donors (Lipinski definition) is 0. The van der Waals surface area contributed by atoms with Crippen LogP contribution in [0.3, 0.4) is 0 Å². The van der Waals surface area contributed by atoms with Crippen molar-refractivity contribution in [3.63, 3.8) is 0 Å². The van der Waals surface area contributed by atoms with Gasteiger partial charge in [0, 0.05) is 0 Å². The second-order valence-electron chi connectivity index (χ2n) is 5.84. The van der Waals surface area contributed by atoms with Crippen LogP contribution in [0.15, 0.2) is 47.2 Å². The van der Waals surface area contributed by atoms with Crippen molar-refractivity contribution < 1.29 is 19.1 Å². The summed E-state index contributed by atoms with van der Waals surface area (Å²) in [6.07, 6.45) is 0. The van der Waals surface area contributed by atoms with Crippen LogP contribution in [0.1, 0.15) is 41.6 Å². The largest absolute Gasteiger partial charge is 0.457 e. The van der Waals surface area contributed by atoms with E-state index in [1.807, 2.05) is 61.0 Å². The van der Waals surface area contributed by atoms with Crippen molar-refractivity contribution in [2.75, 3.05) is 0 Å². The summed E-state index contributed by atoms with van der Waals surface area (Å²) in [6.45, 7) is 4.14. The zero-order chi connectivity index (χ0) is 18.5. The van der Waals surface area contributed by atoms with E-state index in [9.17, 15) is 9.59 Å². The molecular weight excluding hydrogens is 368 g/mol. The second kappa shape index (κ2) is 8.29. The fourth-order valence-corrected chi connectivity index (χ4v) is 4.04. The van der Waals surface area contributed by atoms with E-state index in [0.717, 1.165) is 22.3 Å². The average molecular weight is 386 g/mol. The Morgan fingerprint density at radius 2 is 1.27 bits per heavy atom. The van der Waals surface area contributed by atoms with Crippen molar-refractivity contribution in [3.05, 3.63) is 79.2 Å². The second-order valence-corrected chi connectivity index (χ2v) is 7.67. The Morgan fingerprint density at radius 1 is 0.808 bits per heavy atom. The Kier molecular flexibility index (Phi) is 5.85. The first-order valence-corrected chi connectivity index (χ1v) is 9.81. The minimum Gasteiger partial charge on any atom is -0.457 e. The molecule has 0 fully saturated rings. The zero-order valence-corrected chi connectivity index (χ0v) is 16.1. The van der Waals surface area contributed by atoms with Crippen LogP contribution >= 0.6 is 22.7 Å². The highest BCUT2D eigenvalue weighted by molar-refractivity contribution is 7.12. The molecule has 0 saturated carbocycles. The van der Waals surface area contributed by atoms with Gasteiger partial charge in [0.05, 0.1) is 0 Å². The molecule has 0 bridgehead atoms. The van der Waals surface area contributed by atoms with Crippen LogP contribution in [0, 0.1) is 13.8 Å². The van der Waals surface area contributed by atoms with Gasteiger partial charge >= 0.3 is 11.9 Å². The molecule has 3 rings (SSSR count). The van der Waals surface area contributed by atoms with E-state index in [2.05, 4.69) is 0 Å². The topological polar surface area (TPSA) is 52.6 Å². The lowest BCUT2D eigenvalue weighted by molar-refractivity contribution is 0.0476. The molecule has 0 spiro atoms. The van der Waals surface area contributed by atoms with Gasteiger partial charge in [0.1, 0.15) is 23.0 Å². The maximum atomic E-state index is 12.1. The molecule has 0 radical (unpaired) electrons. The van der Waals surface area contributed by atoms with Gasteiger partial charge in [-0.05, 0) is 65.1 Å². The van der Waals surface area contributed by atoms with Gasteiger partial charge in [0.25, 0.3) is 0 Å². The molecular formula is C20H18O4S2. The smallest absolute Gasteiger partial charge is 0.348 e. The molecule has 0 amide bonds. The normalized spacial score (nSPS) is 10.5. The number of carbonyl (C=O) groups excluding carboxylic acids is 2. The van der Waals surface area contributed by atoms with Crippen LogP contribution in [0.25, 0.3) is 0 Å². The Labute approximate surface area is 160 Å². The quantitative estimate of drug-likeness (QED) is 0.551. The van der Waals surface area contributed by atoms with Gasteiger partial charge in [0.2, 0.25) is 0 Å². The SMILES string of the molecule is Cc1ccsc1C(=O)OCc1cccc(COC(=O)c2sccc2C)c1. The fourth-order valence-electron chi connectivity index (χ4n) is 2.40. The van der Waals surface area contributed by atoms with Crippen molar-refractivity contribution in [2.45, 2.75) is 27.1 Å². The van der Waals surface area contributed by atoms with Gasteiger partial charge in [-0.2, -0.15) is 0 Å². The van der Waals surface area contributed by atoms with Gasteiger partial charge in [-0.15, -0.1) is 22.7 Å². The van der Waals surface area contributed by atoms with Crippen LogP contribution in [0.4, 0.5) is 0 Å². The average Bonchev–Trinajstić information content (AvgIpc) is 3.26. The van der Waals surface area contributed by atoms with Gasteiger partial charge in [-0.3, -0.25) is 0 Å². The lowest BCUT2D eigenvalue weighted by Gasteiger charge is -2.08. The lowest BCUT2D eigenvalue weighted by Crippen LogP contribution is -2.06. The molecule has 0 aliphatic heterocycles. The lowest BCUT2D eigenvalue weighted by atomic mass is 10.1. The van der Waals surface area contributed by atoms with Crippen molar-refractivity contribution in [3.8, 4) is 0 Å². The first-order chi connectivity index (χ1) is 12.5. The Balaban J connectivity index is 1.56. The van der Waals surface area contributed by atoms with Crippen LogP contribution in [0.5, 0.6) is 0 Å². The number of ether oxygens (including phenoxy) is 2. The number of hydrogen-bond acceptors (Lipinski definition) is 6. The van der Waals surface area contributed by atoms with Crippen molar-refractivity contribution in [1.29, 1.82) is 0 Å². The third-order valence-electron chi connectivity index (χ3n) is 3.83. The Hall–Kier alpha value is -2.44. The number of aryl methyl sites for hydroxylation is 2. The number of esters is 2. The molecule has 134 valence electrons. The van der Waals surface area contributed by atoms with Crippen LogP contribution in [-0.4, -0.2) is 11.9 Å². The molecule has 0 unspecified atom stereocenters. The Morgan fingerprint density at radius 3 is 1.65 bits per heavy atom. The summed E-state index contributed by atoms with van der Waals surface area (Å²) in [4.78, 5) is 25.4. The molecule has 26 heavy (non-hydrogen) atoms. The van der Waals surface area contributed by atoms with Gasteiger partial charge in [0.15, 0.2) is 0 Å². The molecule has 2 aromatic heterocycles. The molecule has 0 atom stereocenters. The van der Waals surface area contributed by atoms with Crippen molar-refractivity contribution >= 4 is 34.6 Å². The van der Waals surface area contributed by atoms with E-state index in [4.69, 9.17) is 9.47 Å². The molecule has 3 aromatic rings. The number of benzene rings is 1. The maximum Gasteiger partial charge on any atom is 0.348 e. The summed E-state index contributed by atoms with van der Waals surface area (Å²) in [5.41, 5.74) is 3.55. The molecule has 1 aromatic carbocycles. The molecule has 0 N–H and O–H groups in total. The van der Waals surface area contributed by atoms with Crippen LogP contribution < -0.4 is 0 Å². The highest BCUT2D eigenvalue weighted by Gasteiger charge is 2.13. The summed E-state index contributed by atoms with van der Waals surface area (Å²) in [5, 5.41) is 3.74. The summed E-state index contributed by atoms with van der Waals surface area (Å²) in [7, 11) is 0. The van der Waals surface area contributed by atoms with Crippen LogP contribution in [0.2, 0.25) is 0 Å². The fraction of sp³-hybridized carbons (Fsp3) is 0.200. The third kappa shape index (κ3) is 4.39. The van der Waals surface area contributed by atoms with Crippen molar-refractivity contribution in [1.82, 2.24) is 0 Å². The van der Waals surface area contributed by atoms with E-state index in [-0.39, 0.29) is 25.2 Å². The van der Waals surface area contributed by atoms with E-state index in [1.54, 1.807) is 0 Å². The predicted molar refractivity (Wildman–Crippen MR) is 103 cm³/mol. The van der Waals surface area contributed by atoms with Gasteiger partial charge in [-0.1, -0.05) is 18.2 Å². The van der Waals surface area contributed by atoms with E-state index in [0.29, 0.717) is 9.75 Å².